The van der Waals surface area contributed by atoms with Crippen molar-refractivity contribution in [1.82, 2.24) is 0 Å². The first kappa shape index (κ1) is 16.8. The lowest BCUT2D eigenvalue weighted by molar-refractivity contribution is -0.337. The Morgan fingerprint density at radius 3 is 2.19 bits per heavy atom. The van der Waals surface area contributed by atoms with Gasteiger partial charge >= 0.3 is 11.9 Å². The van der Waals surface area contributed by atoms with Crippen molar-refractivity contribution in [2.75, 3.05) is 0 Å². The Morgan fingerprint density at radius 1 is 1.29 bits per heavy atom. The molecule has 0 saturated heterocycles. The lowest BCUT2D eigenvalue weighted by Gasteiger charge is -2.30. The Kier molecular flexibility index (Phi) is 5.18. The van der Waals surface area contributed by atoms with Gasteiger partial charge in [-0.2, -0.15) is 8.78 Å². The molecule has 114 valence electrons. The van der Waals surface area contributed by atoms with Crippen LogP contribution in [0.5, 0.6) is 0 Å². The minimum absolute atomic E-state index is 0.0420. The molecule has 0 fully saturated rings. The molecule has 0 radical (unpaired) electrons. The third kappa shape index (κ3) is 3.87. The van der Waals surface area contributed by atoms with Crippen molar-refractivity contribution in [2.45, 2.75) is 25.9 Å². The van der Waals surface area contributed by atoms with Crippen molar-refractivity contribution in [3.05, 3.63) is 42.0 Å². The lowest BCUT2D eigenvalue weighted by Crippen LogP contribution is -2.53. The first-order valence-electron chi connectivity index (χ1n) is 6.23. The SMILES string of the molecule is C=Cc1ccc(C(=O)OC(C(C)C)C(F)(F)C(=O)[O-])cc1. The van der Waals surface area contributed by atoms with E-state index in [2.05, 4.69) is 11.3 Å². The van der Waals surface area contributed by atoms with Crippen LogP contribution in [0.2, 0.25) is 0 Å². The van der Waals surface area contributed by atoms with Crippen LogP contribution in [0.1, 0.15) is 29.8 Å². The molecule has 0 amide bonds. The topological polar surface area (TPSA) is 66.4 Å². The Bertz CT molecular complexity index is 535. The molecule has 0 aliphatic heterocycles. The van der Waals surface area contributed by atoms with Crippen LogP contribution in [0, 0.1) is 5.92 Å². The minimum atomic E-state index is -4.26. The van der Waals surface area contributed by atoms with Gasteiger partial charge in [-0.25, -0.2) is 4.79 Å². The van der Waals surface area contributed by atoms with Gasteiger partial charge in [0.25, 0.3) is 0 Å². The summed E-state index contributed by atoms with van der Waals surface area (Å²) in [4.78, 5) is 22.3. The van der Waals surface area contributed by atoms with E-state index in [9.17, 15) is 23.5 Å². The fourth-order valence-electron chi connectivity index (χ4n) is 1.68. The maximum absolute atomic E-state index is 13.5. The third-order valence-corrected chi connectivity index (χ3v) is 2.85. The molecule has 21 heavy (non-hydrogen) atoms. The number of ether oxygens (including phenoxy) is 1. The smallest absolute Gasteiger partial charge is 0.338 e. The average molecular weight is 297 g/mol. The quantitative estimate of drug-likeness (QED) is 0.752. The number of carboxylic acids is 1. The third-order valence-electron chi connectivity index (χ3n) is 2.85. The number of esters is 1. The van der Waals surface area contributed by atoms with Gasteiger partial charge in [0.2, 0.25) is 0 Å². The van der Waals surface area contributed by atoms with Crippen molar-refractivity contribution in [2.24, 2.45) is 5.92 Å². The molecule has 0 saturated carbocycles. The molecule has 1 aromatic rings. The van der Waals surface area contributed by atoms with Gasteiger partial charge in [0, 0.05) is 0 Å². The number of aliphatic carboxylic acids is 1. The second-order valence-corrected chi connectivity index (χ2v) is 4.81. The van der Waals surface area contributed by atoms with Crippen molar-refractivity contribution in [1.29, 1.82) is 0 Å². The van der Waals surface area contributed by atoms with Crippen LogP contribution in [0.4, 0.5) is 8.78 Å². The molecule has 1 atom stereocenters. The van der Waals surface area contributed by atoms with E-state index in [4.69, 9.17) is 0 Å². The molecule has 0 spiro atoms. The van der Waals surface area contributed by atoms with Crippen molar-refractivity contribution >= 4 is 18.0 Å². The highest BCUT2D eigenvalue weighted by molar-refractivity contribution is 5.90. The van der Waals surface area contributed by atoms with Gasteiger partial charge in [-0.05, 0) is 23.6 Å². The molecule has 0 heterocycles. The van der Waals surface area contributed by atoms with Gasteiger partial charge in [0.15, 0.2) is 6.10 Å². The van der Waals surface area contributed by atoms with Crippen molar-refractivity contribution in [3.63, 3.8) is 0 Å². The van der Waals surface area contributed by atoms with E-state index >= 15 is 0 Å². The highest BCUT2D eigenvalue weighted by atomic mass is 19.3. The van der Waals surface area contributed by atoms with E-state index in [0.29, 0.717) is 0 Å². The van der Waals surface area contributed by atoms with Crippen LogP contribution < -0.4 is 5.11 Å². The molecule has 6 heteroatoms. The summed E-state index contributed by atoms with van der Waals surface area (Å²) in [5.41, 5.74) is 0.785. The number of halogens is 2. The molecule has 0 aliphatic carbocycles. The zero-order valence-electron chi connectivity index (χ0n) is 11.6. The number of benzene rings is 1. The highest BCUT2D eigenvalue weighted by Crippen LogP contribution is 2.27. The van der Waals surface area contributed by atoms with Crippen LogP contribution in [-0.4, -0.2) is 24.0 Å². The summed E-state index contributed by atoms with van der Waals surface area (Å²) < 4.78 is 31.7. The first-order chi connectivity index (χ1) is 9.70. The zero-order chi connectivity index (χ0) is 16.2. The number of hydrogen-bond acceptors (Lipinski definition) is 4. The first-order valence-corrected chi connectivity index (χ1v) is 6.23. The fraction of sp³-hybridized carbons (Fsp3) is 0.333. The lowest BCUT2D eigenvalue weighted by atomic mass is 10.0. The average Bonchev–Trinajstić information content (AvgIpc) is 2.43. The molecular formula is C15H15F2O4-. The molecule has 0 bridgehead atoms. The minimum Gasteiger partial charge on any atom is -0.544 e. The summed E-state index contributed by atoms with van der Waals surface area (Å²) in [6, 6.07) is 5.89. The van der Waals surface area contributed by atoms with Crippen molar-refractivity contribution < 1.29 is 28.2 Å². The number of carbonyl (C=O) groups is 2. The standard InChI is InChI=1S/C15H16F2O4/c1-4-10-5-7-11(8-6-10)13(18)21-12(9(2)3)15(16,17)14(19)20/h4-9,12H,1H2,2-3H3,(H,19,20)/p-1. The Labute approximate surface area is 121 Å². The molecule has 4 nitrogen and oxygen atoms in total. The number of carboxylic acid groups (broad SMARTS) is 1. The maximum atomic E-state index is 13.5. The molecule has 0 aromatic heterocycles. The summed E-state index contributed by atoms with van der Waals surface area (Å²) in [5, 5.41) is 10.5. The number of carbonyl (C=O) groups excluding carboxylic acids is 2. The largest absolute Gasteiger partial charge is 0.544 e. The predicted octanol–water partition coefficient (Wildman–Crippen LogP) is 1.90. The molecule has 1 unspecified atom stereocenters. The normalized spacial score (nSPS) is 12.8. The van der Waals surface area contributed by atoms with Gasteiger partial charge in [0.1, 0.15) is 5.97 Å². The van der Waals surface area contributed by atoms with Crippen molar-refractivity contribution in [3.8, 4) is 0 Å². The number of rotatable bonds is 6. The fourth-order valence-corrected chi connectivity index (χ4v) is 1.68. The zero-order valence-corrected chi connectivity index (χ0v) is 11.6. The van der Waals surface area contributed by atoms with Gasteiger partial charge in [-0.3, -0.25) is 0 Å². The second kappa shape index (κ2) is 6.47. The Hall–Kier alpha value is -2.24. The maximum Gasteiger partial charge on any atom is 0.338 e. The van der Waals surface area contributed by atoms with Gasteiger partial charge in [-0.1, -0.05) is 38.6 Å². The van der Waals surface area contributed by atoms with Crippen LogP contribution in [0.3, 0.4) is 0 Å². The van der Waals surface area contributed by atoms with E-state index < -0.39 is 29.9 Å². The Morgan fingerprint density at radius 2 is 1.81 bits per heavy atom. The van der Waals surface area contributed by atoms with E-state index in [1.165, 1.54) is 26.0 Å². The summed E-state index contributed by atoms with van der Waals surface area (Å²) >= 11 is 0. The molecule has 0 N–H and O–H groups in total. The summed E-state index contributed by atoms with van der Waals surface area (Å²) in [6.45, 7) is 6.20. The number of alkyl halides is 2. The monoisotopic (exact) mass is 297 g/mol. The highest BCUT2D eigenvalue weighted by Gasteiger charge is 2.46. The van der Waals surface area contributed by atoms with E-state index in [-0.39, 0.29) is 5.56 Å². The van der Waals surface area contributed by atoms with Crippen LogP contribution in [-0.2, 0) is 9.53 Å². The second-order valence-electron chi connectivity index (χ2n) is 4.81. The number of hydrogen-bond donors (Lipinski definition) is 0. The Balaban J connectivity index is 2.95. The van der Waals surface area contributed by atoms with Gasteiger partial charge in [0.05, 0.1) is 5.56 Å². The van der Waals surface area contributed by atoms with Gasteiger partial charge in [-0.15, -0.1) is 0 Å². The van der Waals surface area contributed by atoms with E-state index in [0.717, 1.165) is 5.56 Å². The summed E-state index contributed by atoms with van der Waals surface area (Å²) in [7, 11) is 0. The van der Waals surface area contributed by atoms with Crippen LogP contribution >= 0.6 is 0 Å². The van der Waals surface area contributed by atoms with E-state index in [1.807, 2.05) is 0 Å². The summed E-state index contributed by atoms with van der Waals surface area (Å²) in [6.07, 6.45) is -0.551. The molecule has 1 aromatic carbocycles. The van der Waals surface area contributed by atoms with Crippen LogP contribution in [0.25, 0.3) is 6.08 Å². The van der Waals surface area contributed by atoms with Crippen LogP contribution in [0.15, 0.2) is 30.8 Å². The summed E-state index contributed by atoms with van der Waals surface area (Å²) in [5.74, 6) is -8.75. The predicted molar refractivity (Wildman–Crippen MR) is 70.5 cm³/mol. The van der Waals surface area contributed by atoms with E-state index in [1.54, 1.807) is 18.2 Å². The molecular weight excluding hydrogens is 282 g/mol. The molecule has 1 rings (SSSR count). The molecule has 0 aliphatic rings. The van der Waals surface area contributed by atoms with Gasteiger partial charge < -0.3 is 14.6 Å².